The molecule has 138 valence electrons. The first kappa shape index (κ1) is 17.1. The molecule has 2 fully saturated rings. The van der Waals surface area contributed by atoms with Crippen molar-refractivity contribution in [2.24, 2.45) is 5.73 Å². The van der Waals surface area contributed by atoms with Gasteiger partial charge in [-0.3, -0.25) is 0 Å². The van der Waals surface area contributed by atoms with E-state index < -0.39 is 0 Å². The van der Waals surface area contributed by atoms with E-state index in [-0.39, 0.29) is 12.1 Å². The predicted octanol–water partition coefficient (Wildman–Crippen LogP) is 1.72. The van der Waals surface area contributed by atoms with E-state index in [1.54, 1.807) is 6.33 Å². The summed E-state index contributed by atoms with van der Waals surface area (Å²) in [6.07, 6.45) is 4.40. The Morgan fingerprint density at radius 1 is 1.19 bits per heavy atom. The number of β-amino-alcohol motifs (C(OH)–C–C–N with tert-alkyl or cyclic N) is 1. The molecule has 0 unspecified atom stereocenters. The molecule has 1 aromatic heterocycles. The molecule has 4 N–H and O–H groups in total. The van der Waals surface area contributed by atoms with Crippen LogP contribution in [0.2, 0.25) is 0 Å². The zero-order valence-corrected chi connectivity index (χ0v) is 14.9. The largest absolute Gasteiger partial charge is 0.391 e. The van der Waals surface area contributed by atoms with E-state index in [4.69, 9.17) is 5.73 Å². The highest BCUT2D eigenvalue weighted by molar-refractivity contribution is 5.65. The molecule has 26 heavy (non-hydrogen) atoms. The Bertz CT molecular complexity index is 748. The van der Waals surface area contributed by atoms with E-state index in [1.807, 2.05) is 12.1 Å². The van der Waals surface area contributed by atoms with Crippen LogP contribution in [0.1, 0.15) is 19.3 Å². The van der Waals surface area contributed by atoms with Gasteiger partial charge in [0.25, 0.3) is 0 Å². The summed E-state index contributed by atoms with van der Waals surface area (Å²) in [4.78, 5) is 13.2. The molecule has 0 aliphatic carbocycles. The fourth-order valence-corrected chi connectivity index (χ4v) is 3.87. The van der Waals surface area contributed by atoms with Gasteiger partial charge < -0.3 is 26.0 Å². The van der Waals surface area contributed by atoms with E-state index in [0.717, 1.165) is 30.4 Å². The van der Waals surface area contributed by atoms with Crippen LogP contribution in [0, 0.1) is 0 Å². The van der Waals surface area contributed by atoms with Gasteiger partial charge in [0.2, 0.25) is 0 Å². The minimum Gasteiger partial charge on any atom is -0.391 e. The summed E-state index contributed by atoms with van der Waals surface area (Å²) in [5, 5.41) is 13.3. The Hall–Kier alpha value is -2.38. The monoisotopic (exact) mass is 354 g/mol. The molecule has 2 aromatic rings. The van der Waals surface area contributed by atoms with Crippen LogP contribution >= 0.6 is 0 Å². The Balaban J connectivity index is 1.51. The van der Waals surface area contributed by atoms with Crippen molar-refractivity contribution in [3.8, 4) is 0 Å². The minimum atomic E-state index is -0.355. The Morgan fingerprint density at radius 3 is 2.85 bits per heavy atom. The number of nitrogens with two attached hydrogens (primary N) is 1. The molecule has 7 heteroatoms. The molecule has 2 saturated heterocycles. The third kappa shape index (κ3) is 3.59. The summed E-state index contributed by atoms with van der Waals surface area (Å²) >= 11 is 0. The van der Waals surface area contributed by atoms with Crippen LogP contribution in [0.15, 0.2) is 36.7 Å². The number of nitrogens with zero attached hydrogens (tertiary/aromatic N) is 4. The maximum absolute atomic E-state index is 9.94. The summed E-state index contributed by atoms with van der Waals surface area (Å²) in [6, 6.07) is 10.5. The van der Waals surface area contributed by atoms with Crippen LogP contribution in [0.5, 0.6) is 0 Å². The molecule has 0 spiro atoms. The van der Waals surface area contributed by atoms with Gasteiger partial charge in [-0.1, -0.05) is 6.07 Å². The van der Waals surface area contributed by atoms with E-state index in [2.05, 4.69) is 43.3 Å². The van der Waals surface area contributed by atoms with Gasteiger partial charge in [0.05, 0.1) is 6.10 Å². The van der Waals surface area contributed by atoms with Crippen LogP contribution in [0.4, 0.5) is 23.0 Å². The van der Waals surface area contributed by atoms with Gasteiger partial charge in [-0.15, -0.1) is 0 Å². The van der Waals surface area contributed by atoms with Crippen LogP contribution in [-0.2, 0) is 0 Å². The fraction of sp³-hybridized carbons (Fsp3) is 0.474. The second kappa shape index (κ2) is 7.47. The van der Waals surface area contributed by atoms with Crippen molar-refractivity contribution in [2.75, 3.05) is 41.3 Å². The number of aromatic nitrogens is 2. The molecule has 7 nitrogen and oxygen atoms in total. The number of aliphatic hydroxyl groups excluding tert-OH is 1. The summed E-state index contributed by atoms with van der Waals surface area (Å²) in [7, 11) is 0. The maximum atomic E-state index is 9.94. The summed E-state index contributed by atoms with van der Waals surface area (Å²) in [5.41, 5.74) is 8.10. The van der Waals surface area contributed by atoms with Crippen molar-refractivity contribution in [2.45, 2.75) is 31.4 Å². The van der Waals surface area contributed by atoms with E-state index in [0.29, 0.717) is 19.5 Å². The summed E-state index contributed by atoms with van der Waals surface area (Å²) in [6.45, 7) is 3.31. The van der Waals surface area contributed by atoms with E-state index in [9.17, 15) is 5.11 Å². The smallest absolute Gasteiger partial charge is 0.135 e. The zero-order valence-electron chi connectivity index (χ0n) is 14.9. The molecule has 2 aliphatic heterocycles. The lowest BCUT2D eigenvalue weighted by Gasteiger charge is -2.24. The van der Waals surface area contributed by atoms with Gasteiger partial charge in [-0.2, -0.15) is 0 Å². The van der Waals surface area contributed by atoms with Gasteiger partial charge in [0.15, 0.2) is 0 Å². The molecule has 0 bridgehead atoms. The highest BCUT2D eigenvalue weighted by Crippen LogP contribution is 2.27. The molecule has 3 heterocycles. The average Bonchev–Trinajstić information content (AvgIpc) is 3.32. The lowest BCUT2D eigenvalue weighted by molar-refractivity contribution is 0.194. The van der Waals surface area contributed by atoms with Crippen molar-refractivity contribution in [3.05, 3.63) is 36.7 Å². The standard InChI is InChI=1S/C19H26N6O/c20-11-16-9-17(26)12-25(16)19-10-18(21-13-22-19)23-14-4-3-5-15(8-14)24-6-1-2-7-24/h3-5,8,10,13,16-17,26H,1-2,6-7,9,11-12,20H2,(H,21,22,23)/t16-,17-/m1/s1. The summed E-state index contributed by atoms with van der Waals surface area (Å²) in [5.74, 6) is 1.54. The molecule has 0 radical (unpaired) electrons. The van der Waals surface area contributed by atoms with Crippen molar-refractivity contribution in [3.63, 3.8) is 0 Å². The second-order valence-electron chi connectivity index (χ2n) is 7.06. The molecular weight excluding hydrogens is 328 g/mol. The van der Waals surface area contributed by atoms with Gasteiger partial charge in [0.1, 0.15) is 18.0 Å². The van der Waals surface area contributed by atoms with Crippen molar-refractivity contribution >= 4 is 23.0 Å². The Labute approximate surface area is 153 Å². The van der Waals surface area contributed by atoms with Crippen LogP contribution in [0.3, 0.4) is 0 Å². The Morgan fingerprint density at radius 2 is 2.04 bits per heavy atom. The highest BCUT2D eigenvalue weighted by atomic mass is 16.3. The molecule has 2 atom stereocenters. The zero-order chi connectivity index (χ0) is 17.9. The lowest BCUT2D eigenvalue weighted by atomic mass is 10.2. The van der Waals surface area contributed by atoms with Gasteiger partial charge >= 0.3 is 0 Å². The summed E-state index contributed by atoms with van der Waals surface area (Å²) < 4.78 is 0. The molecule has 4 rings (SSSR count). The first-order chi connectivity index (χ1) is 12.7. The minimum absolute atomic E-state index is 0.117. The average molecular weight is 354 g/mol. The second-order valence-corrected chi connectivity index (χ2v) is 7.06. The van der Waals surface area contributed by atoms with Gasteiger partial charge in [-0.25, -0.2) is 9.97 Å². The van der Waals surface area contributed by atoms with Crippen LogP contribution in [-0.4, -0.2) is 53.4 Å². The van der Waals surface area contributed by atoms with Crippen molar-refractivity contribution < 1.29 is 5.11 Å². The van der Waals surface area contributed by atoms with Gasteiger partial charge in [0, 0.05) is 49.7 Å². The number of nitrogens with one attached hydrogen (secondary N) is 1. The molecule has 2 aliphatic rings. The maximum Gasteiger partial charge on any atom is 0.135 e. The number of aliphatic hydroxyl groups is 1. The third-order valence-corrected chi connectivity index (χ3v) is 5.20. The quantitative estimate of drug-likeness (QED) is 0.753. The topological polar surface area (TPSA) is 90.5 Å². The number of hydrogen-bond acceptors (Lipinski definition) is 7. The fourth-order valence-electron chi connectivity index (χ4n) is 3.87. The van der Waals surface area contributed by atoms with Gasteiger partial charge in [-0.05, 0) is 37.5 Å². The number of benzene rings is 1. The number of anilines is 4. The predicted molar refractivity (Wildman–Crippen MR) is 104 cm³/mol. The molecule has 0 amide bonds. The first-order valence-corrected chi connectivity index (χ1v) is 9.32. The molecular formula is C19H26N6O. The normalized spacial score (nSPS) is 22.8. The van der Waals surface area contributed by atoms with Crippen LogP contribution in [0.25, 0.3) is 0 Å². The molecule has 1 aromatic carbocycles. The third-order valence-electron chi connectivity index (χ3n) is 5.20. The Kier molecular flexibility index (Phi) is 4.90. The van der Waals surface area contributed by atoms with Crippen molar-refractivity contribution in [1.29, 1.82) is 0 Å². The number of rotatable bonds is 5. The lowest BCUT2D eigenvalue weighted by Crippen LogP contribution is -2.36. The number of hydrogen-bond donors (Lipinski definition) is 3. The van der Waals surface area contributed by atoms with E-state index >= 15 is 0 Å². The SMILES string of the molecule is NC[C@H]1C[C@@H](O)CN1c1cc(Nc2cccc(N3CCCC3)c2)ncn1. The highest BCUT2D eigenvalue weighted by Gasteiger charge is 2.30. The van der Waals surface area contributed by atoms with Crippen molar-refractivity contribution in [1.82, 2.24) is 9.97 Å². The van der Waals surface area contributed by atoms with Crippen LogP contribution < -0.4 is 20.9 Å². The first-order valence-electron chi connectivity index (χ1n) is 9.32. The molecule has 0 saturated carbocycles. The van der Waals surface area contributed by atoms with E-state index in [1.165, 1.54) is 18.5 Å².